The molecule has 26 heavy (non-hydrogen) atoms. The molecule has 1 amide bonds. The molecule has 4 rings (SSSR count). The van der Waals surface area contributed by atoms with Gasteiger partial charge >= 0.3 is 0 Å². The summed E-state index contributed by atoms with van der Waals surface area (Å²) in [6.45, 7) is 4.00. The van der Waals surface area contributed by atoms with Gasteiger partial charge in [-0.25, -0.2) is 4.98 Å². The van der Waals surface area contributed by atoms with Gasteiger partial charge in [0.15, 0.2) is 11.5 Å². The van der Waals surface area contributed by atoms with Crippen molar-refractivity contribution < 1.29 is 18.7 Å². The van der Waals surface area contributed by atoms with E-state index < -0.39 is 0 Å². The van der Waals surface area contributed by atoms with Gasteiger partial charge in [-0.1, -0.05) is 12.1 Å². The Kier molecular flexibility index (Phi) is 4.08. The minimum absolute atomic E-state index is 0.135. The smallest absolute Gasteiger partial charge is 0.231 e. The van der Waals surface area contributed by atoms with Crippen LogP contribution in [-0.4, -0.2) is 17.7 Å². The summed E-state index contributed by atoms with van der Waals surface area (Å²) in [6.07, 6.45) is 0.147. The minimum Gasteiger partial charge on any atom is -0.454 e. The number of rotatable bonds is 4. The van der Waals surface area contributed by atoms with E-state index in [9.17, 15) is 4.79 Å². The maximum absolute atomic E-state index is 12.3. The molecule has 0 unspecified atom stereocenters. The van der Waals surface area contributed by atoms with Crippen molar-refractivity contribution >= 4 is 11.6 Å². The molecule has 6 heteroatoms. The molecule has 0 bridgehead atoms. The standard InChI is InChI=1S/C20H18N2O4/c1-12-4-3-5-15(8-12)21-19(23)10-16-13(2)26-20(22-16)14-6-7-17-18(9-14)25-11-24-17/h3-9H,10-11H2,1-2H3,(H,21,23). The predicted molar refractivity (Wildman–Crippen MR) is 96.3 cm³/mol. The van der Waals surface area contributed by atoms with Crippen LogP contribution in [0.2, 0.25) is 0 Å². The molecular weight excluding hydrogens is 332 g/mol. The Hall–Kier alpha value is -3.28. The number of carbonyl (C=O) groups is 1. The van der Waals surface area contributed by atoms with E-state index in [0.717, 1.165) is 16.8 Å². The second-order valence-corrected chi connectivity index (χ2v) is 6.18. The average molecular weight is 350 g/mol. The van der Waals surface area contributed by atoms with Gasteiger partial charge in [0.25, 0.3) is 0 Å². The van der Waals surface area contributed by atoms with Crippen LogP contribution in [0.5, 0.6) is 11.5 Å². The van der Waals surface area contributed by atoms with Gasteiger partial charge < -0.3 is 19.2 Å². The summed E-state index contributed by atoms with van der Waals surface area (Å²) in [5, 5.41) is 2.88. The molecule has 1 N–H and O–H groups in total. The van der Waals surface area contributed by atoms with Crippen molar-refractivity contribution in [3.05, 3.63) is 59.5 Å². The normalized spacial score (nSPS) is 12.2. The van der Waals surface area contributed by atoms with Gasteiger partial charge in [-0.2, -0.15) is 0 Å². The van der Waals surface area contributed by atoms with Gasteiger partial charge in [0, 0.05) is 11.3 Å². The van der Waals surface area contributed by atoms with E-state index >= 15 is 0 Å². The first-order valence-corrected chi connectivity index (χ1v) is 8.31. The van der Waals surface area contributed by atoms with Crippen molar-refractivity contribution in [1.29, 1.82) is 0 Å². The van der Waals surface area contributed by atoms with E-state index in [4.69, 9.17) is 13.9 Å². The molecule has 2 aromatic carbocycles. The molecule has 0 saturated carbocycles. The van der Waals surface area contributed by atoms with Crippen molar-refractivity contribution in [2.24, 2.45) is 0 Å². The number of nitrogens with one attached hydrogen (secondary N) is 1. The fourth-order valence-corrected chi connectivity index (χ4v) is 2.83. The zero-order valence-electron chi connectivity index (χ0n) is 14.5. The highest BCUT2D eigenvalue weighted by Gasteiger charge is 2.18. The van der Waals surface area contributed by atoms with Crippen LogP contribution in [0.1, 0.15) is 17.0 Å². The lowest BCUT2D eigenvalue weighted by atomic mass is 10.2. The van der Waals surface area contributed by atoms with E-state index in [0.29, 0.717) is 28.8 Å². The van der Waals surface area contributed by atoms with Crippen LogP contribution in [-0.2, 0) is 11.2 Å². The van der Waals surface area contributed by atoms with Gasteiger partial charge in [0.05, 0.1) is 12.1 Å². The maximum Gasteiger partial charge on any atom is 0.231 e. The van der Waals surface area contributed by atoms with Crippen molar-refractivity contribution in [2.75, 3.05) is 12.1 Å². The summed E-state index contributed by atoms with van der Waals surface area (Å²) < 4.78 is 16.4. The fraction of sp³-hybridized carbons (Fsp3) is 0.200. The molecule has 6 nitrogen and oxygen atoms in total. The summed E-state index contributed by atoms with van der Waals surface area (Å²) >= 11 is 0. The fourth-order valence-electron chi connectivity index (χ4n) is 2.83. The Bertz CT molecular complexity index is 978. The zero-order chi connectivity index (χ0) is 18.1. The quantitative estimate of drug-likeness (QED) is 0.773. The van der Waals surface area contributed by atoms with Crippen molar-refractivity contribution in [2.45, 2.75) is 20.3 Å². The van der Waals surface area contributed by atoms with Gasteiger partial charge in [-0.05, 0) is 49.7 Å². The summed E-state index contributed by atoms with van der Waals surface area (Å²) in [7, 11) is 0. The van der Waals surface area contributed by atoms with E-state index in [1.807, 2.05) is 49.4 Å². The van der Waals surface area contributed by atoms with Crippen molar-refractivity contribution in [1.82, 2.24) is 4.98 Å². The monoisotopic (exact) mass is 350 g/mol. The van der Waals surface area contributed by atoms with Crippen LogP contribution >= 0.6 is 0 Å². The molecule has 1 aromatic heterocycles. The zero-order valence-corrected chi connectivity index (χ0v) is 14.5. The Morgan fingerprint density at radius 1 is 1.12 bits per heavy atom. The molecule has 3 aromatic rings. The second kappa shape index (κ2) is 6.55. The summed E-state index contributed by atoms with van der Waals surface area (Å²) in [4.78, 5) is 16.8. The maximum atomic E-state index is 12.3. The molecule has 132 valence electrons. The third-order valence-corrected chi connectivity index (χ3v) is 4.14. The molecule has 2 heterocycles. The molecular formula is C20H18N2O4. The van der Waals surface area contributed by atoms with Crippen molar-refractivity contribution in [3.8, 4) is 23.0 Å². The van der Waals surface area contributed by atoms with Crippen LogP contribution < -0.4 is 14.8 Å². The number of benzene rings is 2. The van der Waals surface area contributed by atoms with Crippen LogP contribution in [0.4, 0.5) is 5.69 Å². The highest BCUT2D eigenvalue weighted by molar-refractivity contribution is 5.92. The Morgan fingerprint density at radius 2 is 1.96 bits per heavy atom. The Labute approximate surface area is 150 Å². The Morgan fingerprint density at radius 3 is 2.81 bits per heavy atom. The molecule has 0 spiro atoms. The first kappa shape index (κ1) is 16.2. The molecule has 1 aliphatic heterocycles. The highest BCUT2D eigenvalue weighted by Crippen LogP contribution is 2.36. The summed E-state index contributed by atoms with van der Waals surface area (Å²) in [6, 6.07) is 13.2. The first-order valence-electron chi connectivity index (χ1n) is 8.31. The lowest BCUT2D eigenvalue weighted by molar-refractivity contribution is -0.115. The van der Waals surface area contributed by atoms with Crippen LogP contribution in [0.3, 0.4) is 0 Å². The van der Waals surface area contributed by atoms with E-state index in [2.05, 4.69) is 10.3 Å². The number of amides is 1. The molecule has 0 saturated heterocycles. The Balaban J connectivity index is 1.50. The third kappa shape index (κ3) is 3.26. The number of nitrogens with zero attached hydrogens (tertiary/aromatic N) is 1. The lowest BCUT2D eigenvalue weighted by Crippen LogP contribution is -2.15. The third-order valence-electron chi connectivity index (χ3n) is 4.14. The topological polar surface area (TPSA) is 73.6 Å². The summed E-state index contributed by atoms with van der Waals surface area (Å²) in [5.74, 6) is 2.31. The van der Waals surface area contributed by atoms with Gasteiger partial charge in [0.1, 0.15) is 5.76 Å². The number of aromatic nitrogens is 1. The predicted octanol–water partition coefficient (Wildman–Crippen LogP) is 3.87. The summed E-state index contributed by atoms with van der Waals surface area (Å²) in [5.41, 5.74) is 3.25. The number of oxazole rings is 1. The molecule has 0 fully saturated rings. The van der Waals surface area contributed by atoms with Crippen molar-refractivity contribution in [3.63, 3.8) is 0 Å². The van der Waals surface area contributed by atoms with Crippen LogP contribution in [0.25, 0.3) is 11.5 Å². The van der Waals surface area contributed by atoms with E-state index in [1.54, 1.807) is 6.92 Å². The van der Waals surface area contributed by atoms with E-state index in [-0.39, 0.29) is 19.1 Å². The van der Waals surface area contributed by atoms with Gasteiger partial charge in [-0.3, -0.25) is 4.79 Å². The number of ether oxygens (including phenoxy) is 2. The van der Waals surface area contributed by atoms with Crippen LogP contribution in [0, 0.1) is 13.8 Å². The number of aryl methyl sites for hydroxylation is 2. The molecule has 0 aliphatic carbocycles. The molecule has 0 atom stereocenters. The number of fused-ring (bicyclic) bond motifs is 1. The van der Waals surface area contributed by atoms with E-state index in [1.165, 1.54) is 0 Å². The number of carbonyl (C=O) groups excluding carboxylic acids is 1. The van der Waals surface area contributed by atoms with Gasteiger partial charge in [-0.15, -0.1) is 0 Å². The largest absolute Gasteiger partial charge is 0.454 e. The SMILES string of the molecule is Cc1cccc(NC(=O)Cc2nc(-c3ccc4c(c3)OCO4)oc2C)c1. The van der Waals surface area contributed by atoms with Gasteiger partial charge in [0.2, 0.25) is 18.6 Å². The highest BCUT2D eigenvalue weighted by atomic mass is 16.7. The lowest BCUT2D eigenvalue weighted by Gasteiger charge is -2.04. The number of hydrogen-bond donors (Lipinski definition) is 1. The second-order valence-electron chi connectivity index (χ2n) is 6.18. The first-order chi connectivity index (χ1) is 12.6. The number of anilines is 1. The molecule has 0 radical (unpaired) electrons. The molecule has 1 aliphatic rings. The minimum atomic E-state index is -0.135. The average Bonchev–Trinajstić information content (AvgIpc) is 3.21. The number of hydrogen-bond acceptors (Lipinski definition) is 5. The van der Waals surface area contributed by atoms with Crippen LogP contribution in [0.15, 0.2) is 46.9 Å².